The van der Waals surface area contributed by atoms with Gasteiger partial charge in [-0.25, -0.2) is 9.13 Å². The maximum absolute atomic E-state index is 4.09. The minimum atomic E-state index is 0.843. The first-order valence-electron chi connectivity index (χ1n) is 10.7. The molecule has 0 atom stereocenters. The van der Waals surface area contributed by atoms with Crippen LogP contribution < -0.4 is 9.13 Å². The Morgan fingerprint density at radius 1 is 0.469 bits per heavy atom. The molecule has 4 aromatic heterocycles. The molecule has 4 heteroatoms. The molecule has 0 amide bonds. The van der Waals surface area contributed by atoms with Crippen LogP contribution in [0.4, 0.5) is 0 Å². The molecule has 0 spiro atoms. The molecule has 0 unspecified atom stereocenters. The molecule has 0 aliphatic carbocycles. The van der Waals surface area contributed by atoms with Gasteiger partial charge in [0.25, 0.3) is 0 Å². The lowest BCUT2D eigenvalue weighted by molar-refractivity contribution is -0.689. The quantitative estimate of drug-likeness (QED) is 0.383. The Kier molecular flexibility index (Phi) is 5.75. The summed E-state index contributed by atoms with van der Waals surface area (Å²) in [4.78, 5) is 8.18. The van der Waals surface area contributed by atoms with Gasteiger partial charge in [0, 0.05) is 60.2 Å². The standard InChI is InChI=1S/C28H24N4/c1-2-23(21-31-16-8-27(9-17-31)25-4-12-29-13-5-25)20-24(3-1)22-32-18-10-28(11-19-32)26-6-14-30-15-7-26/h1-20H,21-22H2/q+2. The first kappa shape index (κ1) is 19.8. The minimum Gasteiger partial charge on any atom is -0.265 e. The zero-order chi connectivity index (χ0) is 21.6. The summed E-state index contributed by atoms with van der Waals surface area (Å²) in [6.07, 6.45) is 15.8. The Morgan fingerprint density at radius 3 is 1.25 bits per heavy atom. The Bertz CT molecular complexity index is 1180. The van der Waals surface area contributed by atoms with Crippen molar-refractivity contribution >= 4 is 0 Å². The summed E-state index contributed by atoms with van der Waals surface area (Å²) in [5.41, 5.74) is 7.34. The molecule has 0 bridgehead atoms. The molecule has 0 radical (unpaired) electrons. The summed E-state index contributed by atoms with van der Waals surface area (Å²) in [7, 11) is 0. The summed E-state index contributed by atoms with van der Waals surface area (Å²) in [5, 5.41) is 0. The van der Waals surface area contributed by atoms with Gasteiger partial charge in [-0.3, -0.25) is 9.97 Å². The van der Waals surface area contributed by atoms with E-state index in [9.17, 15) is 0 Å². The molecule has 0 saturated heterocycles. The van der Waals surface area contributed by atoms with E-state index >= 15 is 0 Å². The Balaban J connectivity index is 1.27. The van der Waals surface area contributed by atoms with Crippen molar-refractivity contribution < 1.29 is 9.13 Å². The maximum Gasteiger partial charge on any atom is 0.173 e. The molecule has 0 saturated carbocycles. The van der Waals surface area contributed by atoms with E-state index in [2.05, 4.69) is 92.4 Å². The van der Waals surface area contributed by atoms with Crippen LogP contribution in [0.2, 0.25) is 0 Å². The van der Waals surface area contributed by atoms with Crippen LogP contribution in [0.3, 0.4) is 0 Å². The fourth-order valence-corrected chi connectivity index (χ4v) is 3.85. The predicted molar refractivity (Wildman–Crippen MR) is 124 cm³/mol. The molecule has 0 fully saturated rings. The molecule has 0 N–H and O–H groups in total. The van der Waals surface area contributed by atoms with E-state index in [0.717, 1.165) is 13.1 Å². The fraction of sp³-hybridized carbons (Fsp3) is 0.0714. The highest BCUT2D eigenvalue weighted by atomic mass is 14.9. The van der Waals surface area contributed by atoms with Crippen LogP contribution >= 0.6 is 0 Å². The highest BCUT2D eigenvalue weighted by Crippen LogP contribution is 2.17. The molecular weight excluding hydrogens is 392 g/mol. The third-order valence-corrected chi connectivity index (χ3v) is 5.53. The number of nitrogens with zero attached hydrogens (tertiary/aromatic N) is 4. The molecule has 0 aliphatic heterocycles. The third-order valence-electron chi connectivity index (χ3n) is 5.53. The number of pyridine rings is 4. The normalized spacial score (nSPS) is 10.8. The topological polar surface area (TPSA) is 33.5 Å². The summed E-state index contributed by atoms with van der Waals surface area (Å²) < 4.78 is 4.42. The van der Waals surface area contributed by atoms with E-state index in [-0.39, 0.29) is 0 Å². The van der Waals surface area contributed by atoms with Crippen LogP contribution in [0.5, 0.6) is 0 Å². The summed E-state index contributed by atoms with van der Waals surface area (Å²) in [6, 6.07) is 25.5. The SMILES string of the molecule is c1cc(C[n+]2ccc(-c3ccncc3)cc2)cc(C[n+]2ccc(-c3ccncc3)cc2)c1. The van der Waals surface area contributed by atoms with Gasteiger partial charge in [-0.1, -0.05) is 18.2 Å². The Morgan fingerprint density at radius 2 is 0.844 bits per heavy atom. The average Bonchev–Trinajstić information content (AvgIpc) is 2.86. The van der Waals surface area contributed by atoms with Gasteiger partial charge < -0.3 is 0 Å². The Labute approximate surface area is 188 Å². The zero-order valence-corrected chi connectivity index (χ0v) is 17.8. The highest BCUT2D eigenvalue weighted by molar-refractivity contribution is 5.62. The largest absolute Gasteiger partial charge is 0.265 e. The van der Waals surface area contributed by atoms with E-state index in [0.29, 0.717) is 0 Å². The van der Waals surface area contributed by atoms with Gasteiger partial charge in [-0.15, -0.1) is 0 Å². The lowest BCUT2D eigenvalue weighted by atomic mass is 10.1. The Hall–Kier alpha value is -4.18. The molecular formula is C28H24N4+2. The molecule has 32 heavy (non-hydrogen) atoms. The van der Waals surface area contributed by atoms with E-state index in [1.165, 1.54) is 33.4 Å². The maximum atomic E-state index is 4.09. The van der Waals surface area contributed by atoms with E-state index in [1.807, 2.05) is 49.1 Å². The van der Waals surface area contributed by atoms with Crippen molar-refractivity contribution in [1.29, 1.82) is 0 Å². The lowest BCUT2D eigenvalue weighted by Crippen LogP contribution is -2.34. The molecule has 154 valence electrons. The smallest absolute Gasteiger partial charge is 0.173 e. The second-order valence-electron chi connectivity index (χ2n) is 7.81. The van der Waals surface area contributed by atoms with Crippen molar-refractivity contribution in [3.05, 3.63) is 133 Å². The van der Waals surface area contributed by atoms with Crippen LogP contribution in [0.1, 0.15) is 11.1 Å². The molecule has 4 nitrogen and oxygen atoms in total. The third kappa shape index (κ3) is 4.76. The van der Waals surface area contributed by atoms with Gasteiger partial charge in [-0.2, -0.15) is 0 Å². The molecule has 4 heterocycles. The minimum absolute atomic E-state index is 0.843. The van der Waals surface area contributed by atoms with Gasteiger partial charge in [0.2, 0.25) is 0 Å². The van der Waals surface area contributed by atoms with E-state index in [4.69, 9.17) is 0 Å². The first-order chi connectivity index (χ1) is 15.8. The predicted octanol–water partition coefficient (Wildman–Crippen LogP) is 4.48. The van der Waals surface area contributed by atoms with Crippen LogP contribution in [-0.4, -0.2) is 9.97 Å². The fourth-order valence-electron chi connectivity index (χ4n) is 3.85. The number of benzene rings is 1. The van der Waals surface area contributed by atoms with Gasteiger partial charge in [0.05, 0.1) is 0 Å². The van der Waals surface area contributed by atoms with Gasteiger partial charge >= 0.3 is 0 Å². The van der Waals surface area contributed by atoms with Gasteiger partial charge in [0.1, 0.15) is 0 Å². The van der Waals surface area contributed by atoms with Crippen molar-refractivity contribution in [3.63, 3.8) is 0 Å². The van der Waals surface area contributed by atoms with Crippen LogP contribution in [0, 0.1) is 0 Å². The molecule has 1 aromatic carbocycles. The van der Waals surface area contributed by atoms with Crippen molar-refractivity contribution in [2.75, 3.05) is 0 Å². The summed E-state index contributed by atoms with van der Waals surface area (Å²) >= 11 is 0. The summed E-state index contributed by atoms with van der Waals surface area (Å²) in [6.45, 7) is 1.69. The van der Waals surface area contributed by atoms with Crippen molar-refractivity contribution in [2.24, 2.45) is 0 Å². The average molecular weight is 417 g/mol. The van der Waals surface area contributed by atoms with Gasteiger partial charge in [0.15, 0.2) is 37.9 Å². The number of hydrogen-bond acceptors (Lipinski definition) is 2. The lowest BCUT2D eigenvalue weighted by Gasteiger charge is -2.04. The van der Waals surface area contributed by atoms with Crippen LogP contribution in [0.25, 0.3) is 22.3 Å². The van der Waals surface area contributed by atoms with Crippen LogP contribution in [-0.2, 0) is 13.1 Å². The van der Waals surface area contributed by atoms with Gasteiger partial charge in [-0.05, 0) is 52.6 Å². The van der Waals surface area contributed by atoms with Crippen molar-refractivity contribution in [2.45, 2.75) is 13.1 Å². The second-order valence-corrected chi connectivity index (χ2v) is 7.81. The highest BCUT2D eigenvalue weighted by Gasteiger charge is 2.08. The number of hydrogen-bond donors (Lipinski definition) is 0. The monoisotopic (exact) mass is 416 g/mol. The van der Waals surface area contributed by atoms with E-state index in [1.54, 1.807) is 0 Å². The van der Waals surface area contributed by atoms with Crippen molar-refractivity contribution in [1.82, 2.24) is 9.97 Å². The second kappa shape index (κ2) is 9.31. The summed E-state index contributed by atoms with van der Waals surface area (Å²) in [5.74, 6) is 0. The van der Waals surface area contributed by atoms with E-state index < -0.39 is 0 Å². The molecule has 5 rings (SSSR count). The van der Waals surface area contributed by atoms with Crippen LogP contribution in [0.15, 0.2) is 122 Å². The molecule has 0 aliphatic rings. The first-order valence-corrected chi connectivity index (χ1v) is 10.7. The number of rotatable bonds is 6. The molecule has 5 aromatic rings. The van der Waals surface area contributed by atoms with Crippen molar-refractivity contribution in [3.8, 4) is 22.3 Å². The zero-order valence-electron chi connectivity index (χ0n) is 17.8. The number of aromatic nitrogens is 4.